The van der Waals surface area contributed by atoms with Crippen molar-refractivity contribution in [2.75, 3.05) is 5.32 Å². The summed E-state index contributed by atoms with van der Waals surface area (Å²) in [5.74, 6) is -0.361. The number of benzene rings is 2. The van der Waals surface area contributed by atoms with Crippen molar-refractivity contribution in [1.29, 1.82) is 0 Å². The second-order valence-corrected chi connectivity index (χ2v) is 6.04. The summed E-state index contributed by atoms with van der Waals surface area (Å²) in [4.78, 5) is 17.0. The first kappa shape index (κ1) is 17.5. The molecule has 0 unspecified atom stereocenters. The standard InChI is InChI=1S/C21H16FN5O.H2/c22-17-10-8-16(9-11-17)20-19(15-5-4-13-23-14-12-15)25-26-27(20)21(28)24-18-6-2-1-3-7-18;/h1-3,5-14H,4H2,(H,24,28);1H. The van der Waals surface area contributed by atoms with Crippen LogP contribution >= 0.6 is 0 Å². The molecule has 7 heteroatoms. The van der Waals surface area contributed by atoms with Gasteiger partial charge < -0.3 is 5.32 Å². The number of halogens is 1. The lowest BCUT2D eigenvalue weighted by Crippen LogP contribution is -2.21. The summed E-state index contributed by atoms with van der Waals surface area (Å²) in [6.07, 6.45) is 7.82. The van der Waals surface area contributed by atoms with Gasteiger partial charge >= 0.3 is 6.03 Å². The molecule has 3 aromatic rings. The van der Waals surface area contributed by atoms with E-state index in [-0.39, 0.29) is 7.24 Å². The quantitative estimate of drug-likeness (QED) is 0.716. The number of carbonyl (C=O) groups is 1. The van der Waals surface area contributed by atoms with E-state index in [0.29, 0.717) is 29.1 Å². The molecule has 2 aromatic carbocycles. The van der Waals surface area contributed by atoms with Crippen molar-refractivity contribution in [2.24, 2.45) is 4.99 Å². The van der Waals surface area contributed by atoms with Crippen LogP contribution in [-0.4, -0.2) is 27.2 Å². The van der Waals surface area contributed by atoms with Gasteiger partial charge in [-0.2, -0.15) is 4.68 Å². The molecule has 1 amide bonds. The summed E-state index contributed by atoms with van der Waals surface area (Å²) in [6.45, 7) is 0. The molecule has 28 heavy (non-hydrogen) atoms. The third-order valence-corrected chi connectivity index (χ3v) is 4.17. The van der Waals surface area contributed by atoms with Gasteiger partial charge in [-0.15, -0.1) is 5.10 Å². The molecular formula is C21H18FN5O. The molecule has 140 valence electrons. The predicted octanol–water partition coefficient (Wildman–Crippen LogP) is 4.78. The van der Waals surface area contributed by atoms with Gasteiger partial charge in [-0.05, 0) is 42.5 Å². The van der Waals surface area contributed by atoms with Crippen LogP contribution in [-0.2, 0) is 0 Å². The first-order valence-corrected chi connectivity index (χ1v) is 8.69. The Kier molecular flexibility index (Phi) is 4.88. The summed E-state index contributed by atoms with van der Waals surface area (Å²) in [6, 6.07) is 14.5. The van der Waals surface area contributed by atoms with Crippen molar-refractivity contribution in [3.05, 3.63) is 84.5 Å². The smallest absolute Gasteiger partial charge is 0.306 e. The van der Waals surface area contributed by atoms with Crippen LogP contribution in [0.2, 0.25) is 0 Å². The van der Waals surface area contributed by atoms with Gasteiger partial charge in [0.15, 0.2) is 0 Å². The molecule has 1 N–H and O–H groups in total. The molecule has 6 nitrogen and oxygen atoms in total. The van der Waals surface area contributed by atoms with Gasteiger partial charge in [0.25, 0.3) is 0 Å². The van der Waals surface area contributed by atoms with Crippen LogP contribution in [0, 0.1) is 5.82 Å². The Morgan fingerprint density at radius 3 is 2.68 bits per heavy atom. The van der Waals surface area contributed by atoms with E-state index in [2.05, 4.69) is 20.6 Å². The lowest BCUT2D eigenvalue weighted by molar-refractivity contribution is 0.250. The largest absolute Gasteiger partial charge is 0.348 e. The van der Waals surface area contributed by atoms with Gasteiger partial charge in [0.05, 0.1) is 0 Å². The van der Waals surface area contributed by atoms with E-state index in [1.54, 1.807) is 42.8 Å². The highest BCUT2D eigenvalue weighted by atomic mass is 19.1. The number of amides is 1. The van der Waals surface area contributed by atoms with Crippen LogP contribution in [0.1, 0.15) is 13.5 Å². The number of rotatable bonds is 3. The Morgan fingerprint density at radius 2 is 1.89 bits per heavy atom. The average molecular weight is 375 g/mol. The van der Waals surface area contributed by atoms with E-state index in [0.717, 1.165) is 5.57 Å². The number of carbonyl (C=O) groups excluding carboxylic acids is 1. The maximum absolute atomic E-state index is 13.4. The fourth-order valence-electron chi connectivity index (χ4n) is 2.85. The molecule has 0 spiro atoms. The molecule has 0 aliphatic carbocycles. The van der Waals surface area contributed by atoms with Crippen molar-refractivity contribution < 1.29 is 10.6 Å². The summed E-state index contributed by atoms with van der Waals surface area (Å²) in [5.41, 5.74) is 3.05. The molecule has 0 saturated heterocycles. The maximum Gasteiger partial charge on any atom is 0.348 e. The van der Waals surface area contributed by atoms with Gasteiger partial charge in [-0.1, -0.05) is 29.5 Å². The first-order valence-electron chi connectivity index (χ1n) is 8.69. The number of hydrogen-bond donors (Lipinski definition) is 1. The molecule has 1 aliphatic heterocycles. The second kappa shape index (κ2) is 7.79. The molecule has 0 radical (unpaired) electrons. The van der Waals surface area contributed by atoms with Gasteiger partial charge in [0, 0.05) is 37.1 Å². The number of nitrogens with zero attached hydrogens (tertiary/aromatic N) is 4. The molecule has 0 fully saturated rings. The predicted molar refractivity (Wildman–Crippen MR) is 109 cm³/mol. The Hall–Kier alpha value is -3.87. The summed E-state index contributed by atoms with van der Waals surface area (Å²) >= 11 is 0. The minimum atomic E-state index is -0.460. The first-order chi connectivity index (χ1) is 13.7. The van der Waals surface area contributed by atoms with Crippen molar-refractivity contribution in [3.8, 4) is 11.3 Å². The Labute approximate surface area is 162 Å². The van der Waals surface area contributed by atoms with Crippen LogP contribution in [0.15, 0.2) is 77.9 Å². The van der Waals surface area contributed by atoms with Crippen LogP contribution in [0.25, 0.3) is 16.8 Å². The van der Waals surface area contributed by atoms with Crippen LogP contribution in [0.4, 0.5) is 14.9 Å². The Bertz CT molecular complexity index is 1090. The molecule has 0 atom stereocenters. The van der Waals surface area contributed by atoms with E-state index in [4.69, 9.17) is 0 Å². The molecule has 2 heterocycles. The SMILES string of the molecule is O=C(Nc1ccccc1)n1nnc(C2=CCC=NC=C2)c1-c1ccc(F)cc1.[HH]. The maximum atomic E-state index is 13.4. The normalized spacial score (nSPS) is 13.1. The molecule has 0 bridgehead atoms. The zero-order valence-corrected chi connectivity index (χ0v) is 14.8. The lowest BCUT2D eigenvalue weighted by Gasteiger charge is -2.09. The van der Waals surface area contributed by atoms with Crippen molar-refractivity contribution in [3.63, 3.8) is 0 Å². The van der Waals surface area contributed by atoms with E-state index in [1.165, 1.54) is 16.8 Å². The minimum absolute atomic E-state index is 0. The summed E-state index contributed by atoms with van der Waals surface area (Å²) < 4.78 is 14.6. The molecular weight excluding hydrogens is 357 g/mol. The van der Waals surface area contributed by atoms with E-state index in [1.807, 2.05) is 24.3 Å². The molecule has 1 aliphatic rings. The van der Waals surface area contributed by atoms with Gasteiger partial charge in [-0.3, -0.25) is 4.99 Å². The zero-order valence-electron chi connectivity index (χ0n) is 14.8. The number of hydrogen-bond acceptors (Lipinski definition) is 4. The van der Waals surface area contributed by atoms with Crippen molar-refractivity contribution >= 4 is 23.5 Å². The molecule has 4 rings (SSSR count). The molecule has 1 aromatic heterocycles. The van der Waals surface area contributed by atoms with Crippen LogP contribution < -0.4 is 5.32 Å². The Morgan fingerprint density at radius 1 is 1.11 bits per heavy atom. The third kappa shape index (κ3) is 3.64. The molecule has 0 saturated carbocycles. The number of aromatic nitrogens is 3. The van der Waals surface area contributed by atoms with Crippen molar-refractivity contribution in [2.45, 2.75) is 6.42 Å². The highest BCUT2D eigenvalue weighted by Crippen LogP contribution is 2.29. The zero-order chi connectivity index (χ0) is 19.3. The number of anilines is 1. The van der Waals surface area contributed by atoms with E-state index < -0.39 is 6.03 Å². The summed E-state index contributed by atoms with van der Waals surface area (Å²) in [7, 11) is 0. The number of allylic oxidation sites excluding steroid dienone is 3. The van der Waals surface area contributed by atoms with E-state index >= 15 is 0 Å². The topological polar surface area (TPSA) is 72.2 Å². The lowest BCUT2D eigenvalue weighted by atomic mass is 10.0. The van der Waals surface area contributed by atoms with Crippen LogP contribution in [0.3, 0.4) is 0 Å². The van der Waals surface area contributed by atoms with E-state index in [9.17, 15) is 9.18 Å². The fraction of sp³-hybridized carbons (Fsp3) is 0.0476. The highest BCUT2D eigenvalue weighted by Gasteiger charge is 2.22. The second-order valence-electron chi connectivity index (χ2n) is 6.04. The van der Waals surface area contributed by atoms with Gasteiger partial charge in [0.1, 0.15) is 17.2 Å². The highest BCUT2D eigenvalue weighted by molar-refractivity contribution is 5.95. The monoisotopic (exact) mass is 375 g/mol. The minimum Gasteiger partial charge on any atom is -0.306 e. The van der Waals surface area contributed by atoms with Crippen LogP contribution in [0.5, 0.6) is 0 Å². The average Bonchev–Trinajstić information content (AvgIpc) is 2.97. The van der Waals surface area contributed by atoms with Crippen molar-refractivity contribution in [1.82, 2.24) is 15.0 Å². The number of nitrogens with one attached hydrogen (secondary N) is 1. The number of para-hydroxylation sites is 1. The number of aliphatic imine (C=N–C) groups is 1. The Balaban J connectivity index is 0.00000240. The van der Waals surface area contributed by atoms with Gasteiger partial charge in [-0.25, -0.2) is 9.18 Å². The third-order valence-electron chi connectivity index (χ3n) is 4.17. The fourth-order valence-corrected chi connectivity index (χ4v) is 2.85. The summed E-state index contributed by atoms with van der Waals surface area (Å²) in [5, 5.41) is 11.1. The van der Waals surface area contributed by atoms with Gasteiger partial charge in [0.2, 0.25) is 0 Å².